The minimum absolute atomic E-state index is 0.414. The van der Waals surface area contributed by atoms with Crippen molar-refractivity contribution in [1.82, 2.24) is 10.2 Å². The molecule has 76 valence electrons. The SMILES string of the molecule is CC(N1CCNCC1)C1(C)COC1. The number of rotatable bonds is 2. The van der Waals surface area contributed by atoms with Crippen LogP contribution in [0.25, 0.3) is 0 Å². The molecule has 2 rings (SSSR count). The van der Waals surface area contributed by atoms with Gasteiger partial charge in [0.05, 0.1) is 13.2 Å². The van der Waals surface area contributed by atoms with E-state index >= 15 is 0 Å². The number of hydrogen-bond donors (Lipinski definition) is 1. The fourth-order valence-electron chi connectivity index (χ4n) is 2.18. The Morgan fingerprint density at radius 1 is 1.31 bits per heavy atom. The van der Waals surface area contributed by atoms with E-state index in [1.165, 1.54) is 13.1 Å². The van der Waals surface area contributed by atoms with Crippen LogP contribution in [0.1, 0.15) is 13.8 Å². The fraction of sp³-hybridized carbons (Fsp3) is 1.00. The molecule has 0 radical (unpaired) electrons. The molecule has 0 amide bonds. The predicted octanol–water partition coefficient (Wildman–Crippen LogP) is 0.317. The lowest BCUT2D eigenvalue weighted by atomic mass is 9.80. The third-order valence-corrected chi connectivity index (χ3v) is 3.57. The first-order chi connectivity index (χ1) is 6.22. The molecule has 0 aliphatic carbocycles. The van der Waals surface area contributed by atoms with Gasteiger partial charge in [-0.25, -0.2) is 0 Å². The maximum absolute atomic E-state index is 5.31. The molecule has 1 atom stereocenters. The molecule has 0 aromatic heterocycles. The summed E-state index contributed by atoms with van der Waals surface area (Å²) < 4.78 is 5.31. The van der Waals surface area contributed by atoms with Crippen LogP contribution in [-0.4, -0.2) is 50.3 Å². The van der Waals surface area contributed by atoms with Crippen molar-refractivity contribution >= 4 is 0 Å². The minimum Gasteiger partial charge on any atom is -0.380 e. The van der Waals surface area contributed by atoms with Gasteiger partial charge in [0.15, 0.2) is 0 Å². The number of ether oxygens (including phenoxy) is 1. The van der Waals surface area contributed by atoms with E-state index in [0.717, 1.165) is 26.3 Å². The van der Waals surface area contributed by atoms with Gasteiger partial charge in [0.2, 0.25) is 0 Å². The first kappa shape index (κ1) is 9.44. The van der Waals surface area contributed by atoms with Gasteiger partial charge in [0.1, 0.15) is 0 Å². The number of nitrogens with zero attached hydrogens (tertiary/aromatic N) is 1. The minimum atomic E-state index is 0.414. The summed E-state index contributed by atoms with van der Waals surface area (Å²) in [5, 5.41) is 3.38. The Hall–Kier alpha value is -0.120. The van der Waals surface area contributed by atoms with E-state index in [0.29, 0.717) is 11.5 Å². The molecule has 0 aromatic carbocycles. The van der Waals surface area contributed by atoms with Crippen molar-refractivity contribution < 1.29 is 4.74 Å². The summed E-state index contributed by atoms with van der Waals surface area (Å²) in [4.78, 5) is 2.58. The second kappa shape index (κ2) is 3.56. The number of piperazine rings is 1. The summed E-state index contributed by atoms with van der Waals surface area (Å²) in [6, 6.07) is 0.670. The van der Waals surface area contributed by atoms with Gasteiger partial charge in [-0.2, -0.15) is 0 Å². The first-order valence-corrected chi connectivity index (χ1v) is 5.25. The molecule has 0 spiro atoms. The van der Waals surface area contributed by atoms with Crippen molar-refractivity contribution in [1.29, 1.82) is 0 Å². The highest BCUT2D eigenvalue weighted by atomic mass is 16.5. The molecule has 2 fully saturated rings. The lowest BCUT2D eigenvalue weighted by Crippen LogP contribution is -2.58. The smallest absolute Gasteiger partial charge is 0.0557 e. The molecule has 2 aliphatic heterocycles. The van der Waals surface area contributed by atoms with Gasteiger partial charge < -0.3 is 10.1 Å². The van der Waals surface area contributed by atoms with E-state index in [1.54, 1.807) is 0 Å². The van der Waals surface area contributed by atoms with Crippen molar-refractivity contribution in [3.8, 4) is 0 Å². The van der Waals surface area contributed by atoms with Crippen molar-refractivity contribution in [3.63, 3.8) is 0 Å². The fourth-order valence-corrected chi connectivity index (χ4v) is 2.18. The largest absolute Gasteiger partial charge is 0.380 e. The molecule has 0 saturated carbocycles. The van der Waals surface area contributed by atoms with Crippen molar-refractivity contribution in [2.75, 3.05) is 39.4 Å². The Bertz CT molecular complexity index is 174. The summed E-state index contributed by atoms with van der Waals surface area (Å²) in [6.07, 6.45) is 0. The molecule has 1 N–H and O–H groups in total. The third-order valence-electron chi connectivity index (χ3n) is 3.57. The zero-order valence-electron chi connectivity index (χ0n) is 8.68. The van der Waals surface area contributed by atoms with Gasteiger partial charge in [-0.1, -0.05) is 6.92 Å². The number of hydrogen-bond acceptors (Lipinski definition) is 3. The Morgan fingerprint density at radius 3 is 2.38 bits per heavy atom. The van der Waals surface area contributed by atoms with Crippen LogP contribution in [0.3, 0.4) is 0 Å². The Morgan fingerprint density at radius 2 is 1.92 bits per heavy atom. The molecule has 0 aromatic rings. The van der Waals surface area contributed by atoms with Gasteiger partial charge in [-0.3, -0.25) is 4.90 Å². The van der Waals surface area contributed by atoms with Gasteiger partial charge >= 0.3 is 0 Å². The van der Waals surface area contributed by atoms with Gasteiger partial charge in [-0.05, 0) is 6.92 Å². The quantitative estimate of drug-likeness (QED) is 0.669. The van der Waals surface area contributed by atoms with E-state index in [-0.39, 0.29) is 0 Å². The maximum atomic E-state index is 5.31. The standard InChI is InChI=1S/C10H20N2O/c1-9(10(2)7-13-8-10)12-5-3-11-4-6-12/h9,11H,3-8H2,1-2H3. The Labute approximate surface area is 80.4 Å². The van der Waals surface area contributed by atoms with Crippen LogP contribution in [0, 0.1) is 5.41 Å². The predicted molar refractivity (Wildman–Crippen MR) is 52.8 cm³/mol. The summed E-state index contributed by atoms with van der Waals surface area (Å²) in [6.45, 7) is 11.2. The Balaban J connectivity index is 1.90. The third kappa shape index (κ3) is 1.73. The van der Waals surface area contributed by atoms with E-state index in [4.69, 9.17) is 4.74 Å². The lowest BCUT2D eigenvalue weighted by Gasteiger charge is -2.48. The number of nitrogens with one attached hydrogen (secondary N) is 1. The molecule has 0 bridgehead atoms. The second-order valence-electron chi connectivity index (χ2n) is 4.61. The molecule has 13 heavy (non-hydrogen) atoms. The van der Waals surface area contributed by atoms with Crippen LogP contribution in [-0.2, 0) is 4.74 Å². The summed E-state index contributed by atoms with van der Waals surface area (Å²) in [5.41, 5.74) is 0.414. The summed E-state index contributed by atoms with van der Waals surface area (Å²) in [7, 11) is 0. The second-order valence-corrected chi connectivity index (χ2v) is 4.61. The van der Waals surface area contributed by atoms with Crippen LogP contribution in [0.15, 0.2) is 0 Å². The summed E-state index contributed by atoms with van der Waals surface area (Å²) in [5.74, 6) is 0. The monoisotopic (exact) mass is 184 g/mol. The lowest BCUT2D eigenvalue weighted by molar-refractivity contribution is -0.141. The maximum Gasteiger partial charge on any atom is 0.0557 e. The molecule has 2 heterocycles. The molecule has 2 saturated heterocycles. The van der Waals surface area contributed by atoms with Crippen LogP contribution in [0.5, 0.6) is 0 Å². The molecular formula is C10H20N2O. The van der Waals surface area contributed by atoms with E-state index in [1.807, 2.05) is 0 Å². The van der Waals surface area contributed by atoms with Gasteiger partial charge in [-0.15, -0.1) is 0 Å². The first-order valence-electron chi connectivity index (χ1n) is 5.25. The molecule has 3 nitrogen and oxygen atoms in total. The van der Waals surface area contributed by atoms with Crippen LogP contribution in [0.4, 0.5) is 0 Å². The molecule has 3 heteroatoms. The van der Waals surface area contributed by atoms with Crippen LogP contribution >= 0.6 is 0 Å². The average molecular weight is 184 g/mol. The van der Waals surface area contributed by atoms with E-state index in [2.05, 4.69) is 24.1 Å². The summed E-state index contributed by atoms with van der Waals surface area (Å²) >= 11 is 0. The highest BCUT2D eigenvalue weighted by Gasteiger charge is 2.41. The van der Waals surface area contributed by atoms with Gasteiger partial charge in [0, 0.05) is 37.6 Å². The molecule has 2 aliphatic rings. The van der Waals surface area contributed by atoms with E-state index < -0.39 is 0 Å². The molecular weight excluding hydrogens is 164 g/mol. The highest BCUT2D eigenvalue weighted by Crippen LogP contribution is 2.33. The topological polar surface area (TPSA) is 24.5 Å². The zero-order chi connectivity index (χ0) is 9.31. The van der Waals surface area contributed by atoms with Crippen molar-refractivity contribution in [3.05, 3.63) is 0 Å². The van der Waals surface area contributed by atoms with Crippen molar-refractivity contribution in [2.45, 2.75) is 19.9 Å². The van der Waals surface area contributed by atoms with Gasteiger partial charge in [0.25, 0.3) is 0 Å². The van der Waals surface area contributed by atoms with E-state index in [9.17, 15) is 0 Å². The zero-order valence-corrected chi connectivity index (χ0v) is 8.68. The van der Waals surface area contributed by atoms with Crippen molar-refractivity contribution in [2.24, 2.45) is 5.41 Å². The highest BCUT2D eigenvalue weighted by molar-refractivity contribution is 4.92. The Kier molecular flexibility index (Phi) is 2.58. The molecule has 1 unspecified atom stereocenters. The van der Waals surface area contributed by atoms with Crippen LogP contribution < -0.4 is 5.32 Å². The normalized spacial score (nSPS) is 30.9. The van der Waals surface area contributed by atoms with Crippen LogP contribution in [0.2, 0.25) is 0 Å². The average Bonchev–Trinajstić information content (AvgIpc) is 2.14.